The Bertz CT molecular complexity index is 1140. The molecule has 2 aromatic heterocycles. The zero-order chi connectivity index (χ0) is 23.4. The minimum absolute atomic E-state index is 0.0315. The van der Waals surface area contributed by atoms with E-state index >= 15 is 0 Å². The highest BCUT2D eigenvalue weighted by Gasteiger charge is 2.26. The van der Waals surface area contributed by atoms with Crippen molar-refractivity contribution in [1.29, 1.82) is 0 Å². The van der Waals surface area contributed by atoms with Gasteiger partial charge in [0, 0.05) is 30.8 Å². The van der Waals surface area contributed by atoms with Gasteiger partial charge < -0.3 is 19.7 Å². The van der Waals surface area contributed by atoms with Crippen molar-refractivity contribution in [2.45, 2.75) is 39.5 Å². The number of carbonyl (C=O) groups is 1. The molecule has 1 aromatic carbocycles. The molecule has 0 aliphatic carbocycles. The lowest BCUT2D eigenvalue weighted by molar-refractivity contribution is -0.120. The fourth-order valence-electron chi connectivity index (χ4n) is 4.30. The van der Waals surface area contributed by atoms with Crippen LogP contribution in [0.3, 0.4) is 0 Å². The SMILES string of the molecule is CCc1nc2cc(N3CCC(C(=O)Nc4ccc(OC)c(OC)c4)CC3)cnc2nc1CC. The molecule has 0 atom stereocenters. The van der Waals surface area contributed by atoms with Gasteiger partial charge in [-0.1, -0.05) is 13.8 Å². The maximum atomic E-state index is 12.8. The molecule has 1 amide bonds. The number of rotatable bonds is 7. The van der Waals surface area contributed by atoms with E-state index in [4.69, 9.17) is 14.5 Å². The van der Waals surface area contributed by atoms with Crippen molar-refractivity contribution in [2.24, 2.45) is 5.92 Å². The van der Waals surface area contributed by atoms with Crippen LogP contribution in [0.4, 0.5) is 11.4 Å². The number of nitrogens with zero attached hydrogens (tertiary/aromatic N) is 4. The van der Waals surface area contributed by atoms with Crippen LogP contribution >= 0.6 is 0 Å². The van der Waals surface area contributed by atoms with Gasteiger partial charge in [-0.25, -0.2) is 15.0 Å². The summed E-state index contributed by atoms with van der Waals surface area (Å²) < 4.78 is 10.6. The summed E-state index contributed by atoms with van der Waals surface area (Å²) >= 11 is 0. The van der Waals surface area contributed by atoms with Gasteiger partial charge in [-0.3, -0.25) is 4.79 Å². The van der Waals surface area contributed by atoms with Crippen LogP contribution in [-0.2, 0) is 17.6 Å². The van der Waals surface area contributed by atoms with E-state index in [1.54, 1.807) is 26.4 Å². The van der Waals surface area contributed by atoms with Crippen LogP contribution in [0.2, 0.25) is 0 Å². The Hall–Kier alpha value is -3.42. The predicted molar refractivity (Wildman–Crippen MR) is 129 cm³/mol. The second-order valence-electron chi connectivity index (χ2n) is 8.18. The smallest absolute Gasteiger partial charge is 0.227 e. The van der Waals surface area contributed by atoms with Crippen molar-refractivity contribution >= 4 is 28.4 Å². The third-order valence-corrected chi connectivity index (χ3v) is 6.21. The number of amides is 1. The zero-order valence-corrected chi connectivity index (χ0v) is 19.7. The largest absolute Gasteiger partial charge is 0.493 e. The first kappa shape index (κ1) is 22.8. The average Bonchev–Trinajstić information content (AvgIpc) is 2.87. The predicted octanol–water partition coefficient (Wildman–Crippen LogP) is 4.02. The molecular formula is C25H31N5O3. The minimum Gasteiger partial charge on any atom is -0.493 e. The Kier molecular flexibility index (Phi) is 6.91. The number of pyridine rings is 1. The van der Waals surface area contributed by atoms with Crippen molar-refractivity contribution in [3.63, 3.8) is 0 Å². The molecule has 0 unspecified atom stereocenters. The molecule has 1 aliphatic heterocycles. The second-order valence-corrected chi connectivity index (χ2v) is 8.18. The van der Waals surface area contributed by atoms with Crippen molar-refractivity contribution < 1.29 is 14.3 Å². The van der Waals surface area contributed by atoms with E-state index in [2.05, 4.69) is 40.1 Å². The molecule has 174 valence electrons. The molecule has 1 aliphatic rings. The number of nitrogens with one attached hydrogen (secondary N) is 1. The Balaban J connectivity index is 1.41. The summed E-state index contributed by atoms with van der Waals surface area (Å²) in [6.45, 7) is 5.77. The Morgan fingerprint density at radius 2 is 1.73 bits per heavy atom. The van der Waals surface area contributed by atoms with Crippen LogP contribution in [0.25, 0.3) is 11.2 Å². The molecule has 0 spiro atoms. The average molecular weight is 450 g/mol. The normalized spacial score (nSPS) is 14.4. The number of benzene rings is 1. The van der Waals surface area contributed by atoms with Gasteiger partial charge >= 0.3 is 0 Å². The number of piperidine rings is 1. The molecule has 4 rings (SSSR count). The molecule has 0 saturated carbocycles. The van der Waals surface area contributed by atoms with Crippen LogP contribution in [0, 0.1) is 5.92 Å². The number of ether oxygens (including phenoxy) is 2. The summed E-state index contributed by atoms with van der Waals surface area (Å²) in [4.78, 5) is 29.2. The fourth-order valence-corrected chi connectivity index (χ4v) is 4.30. The van der Waals surface area contributed by atoms with Crippen LogP contribution in [-0.4, -0.2) is 48.2 Å². The third kappa shape index (κ3) is 4.84. The summed E-state index contributed by atoms with van der Waals surface area (Å²) in [7, 11) is 3.17. The number of hydrogen-bond acceptors (Lipinski definition) is 7. The number of aryl methyl sites for hydroxylation is 2. The molecular weight excluding hydrogens is 418 g/mol. The molecule has 8 nitrogen and oxygen atoms in total. The van der Waals surface area contributed by atoms with Crippen LogP contribution < -0.4 is 19.7 Å². The highest BCUT2D eigenvalue weighted by molar-refractivity contribution is 5.93. The van der Waals surface area contributed by atoms with Gasteiger partial charge in [-0.2, -0.15) is 0 Å². The molecule has 33 heavy (non-hydrogen) atoms. The zero-order valence-electron chi connectivity index (χ0n) is 19.7. The number of methoxy groups -OCH3 is 2. The Labute approximate surface area is 194 Å². The molecule has 1 N–H and O–H groups in total. The molecule has 8 heteroatoms. The summed E-state index contributed by atoms with van der Waals surface area (Å²) in [5.41, 5.74) is 5.31. The summed E-state index contributed by atoms with van der Waals surface area (Å²) in [6.07, 6.45) is 5.13. The number of aromatic nitrogens is 3. The van der Waals surface area contributed by atoms with Crippen molar-refractivity contribution in [3.8, 4) is 11.5 Å². The third-order valence-electron chi connectivity index (χ3n) is 6.21. The first-order valence-corrected chi connectivity index (χ1v) is 11.5. The second kappa shape index (κ2) is 10.0. The van der Waals surface area contributed by atoms with Gasteiger partial charge in [0.1, 0.15) is 5.52 Å². The van der Waals surface area contributed by atoms with E-state index in [9.17, 15) is 4.79 Å². The molecule has 0 bridgehead atoms. The van der Waals surface area contributed by atoms with Gasteiger partial charge in [0.05, 0.1) is 37.5 Å². The van der Waals surface area contributed by atoms with E-state index in [1.165, 1.54) is 0 Å². The van der Waals surface area contributed by atoms with Gasteiger partial charge in [0.25, 0.3) is 0 Å². The molecule has 1 saturated heterocycles. The Morgan fingerprint density at radius 3 is 2.39 bits per heavy atom. The molecule has 1 fully saturated rings. The van der Waals surface area contributed by atoms with Crippen molar-refractivity contribution in [2.75, 3.05) is 37.5 Å². The number of hydrogen-bond donors (Lipinski definition) is 1. The van der Waals surface area contributed by atoms with Gasteiger partial charge in [-0.15, -0.1) is 0 Å². The van der Waals surface area contributed by atoms with Crippen molar-refractivity contribution in [1.82, 2.24) is 15.0 Å². The first-order valence-electron chi connectivity index (χ1n) is 11.5. The lowest BCUT2D eigenvalue weighted by atomic mass is 9.95. The topological polar surface area (TPSA) is 89.5 Å². The highest BCUT2D eigenvalue weighted by atomic mass is 16.5. The van der Waals surface area contributed by atoms with Crippen molar-refractivity contribution in [3.05, 3.63) is 41.9 Å². The monoisotopic (exact) mass is 449 g/mol. The summed E-state index contributed by atoms with van der Waals surface area (Å²) in [5.74, 6) is 1.22. The van der Waals surface area contributed by atoms with Crippen LogP contribution in [0.5, 0.6) is 11.5 Å². The fraction of sp³-hybridized carbons (Fsp3) is 0.440. The lowest BCUT2D eigenvalue weighted by Gasteiger charge is -2.32. The summed E-state index contributed by atoms with van der Waals surface area (Å²) in [6, 6.07) is 7.46. The lowest BCUT2D eigenvalue weighted by Crippen LogP contribution is -2.38. The van der Waals surface area contributed by atoms with Crippen LogP contribution in [0.1, 0.15) is 38.1 Å². The Morgan fingerprint density at radius 1 is 1.03 bits per heavy atom. The van der Waals surface area contributed by atoms with Gasteiger partial charge in [0.15, 0.2) is 17.1 Å². The first-order chi connectivity index (χ1) is 16.1. The standard InChI is InChI=1S/C25H31N5O3/c1-5-19-20(6-2)29-24-21(28-19)14-18(15-26-24)30-11-9-16(10-12-30)25(31)27-17-7-8-22(32-3)23(13-17)33-4/h7-8,13-16H,5-6,9-12H2,1-4H3,(H,27,31). The number of fused-ring (bicyclic) bond motifs is 1. The molecule has 3 aromatic rings. The summed E-state index contributed by atoms with van der Waals surface area (Å²) in [5, 5.41) is 3.02. The quantitative estimate of drug-likeness (QED) is 0.583. The number of anilines is 2. The van der Waals surface area contributed by atoms with Gasteiger partial charge in [-0.05, 0) is 43.9 Å². The number of carbonyl (C=O) groups excluding carboxylic acids is 1. The van der Waals surface area contributed by atoms with E-state index < -0.39 is 0 Å². The van der Waals surface area contributed by atoms with E-state index in [0.29, 0.717) is 22.8 Å². The van der Waals surface area contributed by atoms with E-state index in [1.807, 2.05) is 12.3 Å². The molecule has 3 heterocycles. The minimum atomic E-state index is -0.0404. The van der Waals surface area contributed by atoms with Gasteiger partial charge in [0.2, 0.25) is 5.91 Å². The van der Waals surface area contributed by atoms with E-state index in [0.717, 1.165) is 61.4 Å². The van der Waals surface area contributed by atoms with Crippen LogP contribution in [0.15, 0.2) is 30.5 Å². The highest BCUT2D eigenvalue weighted by Crippen LogP contribution is 2.31. The molecule has 0 radical (unpaired) electrons. The maximum Gasteiger partial charge on any atom is 0.227 e. The maximum absolute atomic E-state index is 12.8. The van der Waals surface area contributed by atoms with E-state index in [-0.39, 0.29) is 11.8 Å².